The largest absolute Gasteiger partial charge is 0.495 e. The summed E-state index contributed by atoms with van der Waals surface area (Å²) in [6, 6.07) is 5.33. The molecule has 2 heterocycles. The molecule has 0 aliphatic carbocycles. The third kappa shape index (κ3) is 34.0. The molecule has 2 aliphatic heterocycles. The Morgan fingerprint density at radius 2 is 1.12 bits per heavy atom. The third-order valence-corrected chi connectivity index (χ3v) is 16.6. The summed E-state index contributed by atoms with van der Waals surface area (Å²) >= 11 is 9.43. The van der Waals surface area contributed by atoms with Gasteiger partial charge in [-0.3, -0.25) is 39.0 Å². The molecule has 27 nitrogen and oxygen atoms in total. The predicted octanol–water partition coefficient (Wildman–Crippen LogP) is 2.73. The second-order valence-electron chi connectivity index (χ2n) is 19.5. The van der Waals surface area contributed by atoms with E-state index in [4.69, 9.17) is 61.1 Å². The number of rotatable bonds is 46. The first-order valence-corrected chi connectivity index (χ1v) is 33.4. The quantitative estimate of drug-likeness (QED) is 0.0335. The van der Waals surface area contributed by atoms with Gasteiger partial charge in [0.05, 0.1) is 85.3 Å². The molecular formula is C52H90N8O19P2S2. The molecule has 3 rings (SSSR count). The maximum Gasteiger partial charge on any atom is 0.412 e. The number of piperidine rings is 2. The van der Waals surface area contributed by atoms with Crippen molar-refractivity contribution < 1.29 is 89.9 Å². The number of carbonyl (C=O) groups excluding carboxylic acids is 7. The Labute approximate surface area is 497 Å². The summed E-state index contributed by atoms with van der Waals surface area (Å²) in [4.78, 5) is 110. The lowest BCUT2D eigenvalue weighted by Gasteiger charge is -2.48. The summed E-state index contributed by atoms with van der Waals surface area (Å²) < 4.78 is 52.7. The number of nitrogens with one attached hydrogen (secondary N) is 7. The van der Waals surface area contributed by atoms with E-state index in [1.165, 1.54) is 20.6 Å². The average Bonchev–Trinajstić information content (AvgIpc) is 3.60. The van der Waals surface area contributed by atoms with Crippen molar-refractivity contribution in [1.29, 1.82) is 0 Å². The minimum absolute atomic E-state index is 0.0271. The molecule has 474 valence electrons. The predicted molar refractivity (Wildman–Crippen MR) is 314 cm³/mol. The van der Waals surface area contributed by atoms with E-state index < -0.39 is 55.1 Å². The lowest BCUT2D eigenvalue weighted by Crippen LogP contribution is -2.54. The molecule has 0 saturated carbocycles. The van der Waals surface area contributed by atoms with Crippen LogP contribution >= 0.6 is 13.4 Å². The number of benzene rings is 1. The van der Waals surface area contributed by atoms with Gasteiger partial charge in [0.25, 0.3) is 0 Å². The van der Waals surface area contributed by atoms with Crippen LogP contribution in [0.2, 0.25) is 0 Å². The Balaban J connectivity index is 1.16. The lowest BCUT2D eigenvalue weighted by molar-refractivity contribution is -0.130. The van der Waals surface area contributed by atoms with Gasteiger partial charge in [-0.15, -0.1) is 0 Å². The second-order valence-corrected chi connectivity index (χ2v) is 25.4. The molecule has 83 heavy (non-hydrogen) atoms. The van der Waals surface area contributed by atoms with Crippen molar-refractivity contribution in [2.24, 2.45) is 0 Å². The van der Waals surface area contributed by atoms with Crippen LogP contribution in [-0.4, -0.2) is 207 Å². The zero-order valence-electron chi connectivity index (χ0n) is 48.5. The van der Waals surface area contributed by atoms with Gasteiger partial charge >= 0.3 is 19.5 Å². The SMILES string of the molecule is COc1ccc(C)cc1NC(=O)OC1CC2CCCC(C1)N2CCCCCCNC(=O)CCOCCOCCOCCOCCNC(=O)CCC(NC(=O)CCNC(=O)CCOP(O)(=S)OC)C(=O)NCCC(=O)NCCOP(O)(=S)OC. The highest BCUT2D eigenvalue weighted by molar-refractivity contribution is 8.07. The molecule has 2 saturated heterocycles. The smallest absolute Gasteiger partial charge is 0.412 e. The van der Waals surface area contributed by atoms with Crippen LogP contribution < -0.4 is 42.0 Å². The Kier molecular flexibility index (Phi) is 37.7. The van der Waals surface area contributed by atoms with E-state index in [-0.39, 0.29) is 103 Å². The molecule has 0 radical (unpaired) electrons. The highest BCUT2D eigenvalue weighted by Crippen LogP contribution is 2.43. The maximum atomic E-state index is 13.1. The Morgan fingerprint density at radius 3 is 1.76 bits per heavy atom. The van der Waals surface area contributed by atoms with Gasteiger partial charge in [0.2, 0.25) is 35.4 Å². The minimum Gasteiger partial charge on any atom is -0.495 e. The monoisotopic (exact) mass is 1260 g/mol. The molecule has 1 aromatic carbocycles. The van der Waals surface area contributed by atoms with Crippen molar-refractivity contribution in [1.82, 2.24) is 36.8 Å². The zero-order valence-corrected chi connectivity index (χ0v) is 51.9. The molecule has 31 heteroatoms. The lowest BCUT2D eigenvalue weighted by atomic mass is 9.82. The van der Waals surface area contributed by atoms with Crippen molar-refractivity contribution in [2.45, 2.75) is 127 Å². The van der Waals surface area contributed by atoms with Gasteiger partial charge in [0.15, 0.2) is 0 Å². The highest BCUT2D eigenvalue weighted by atomic mass is 32.5. The van der Waals surface area contributed by atoms with Crippen LogP contribution in [0.25, 0.3) is 0 Å². The van der Waals surface area contributed by atoms with E-state index in [0.29, 0.717) is 69.7 Å². The molecule has 2 fully saturated rings. The first kappa shape index (κ1) is 73.2. The van der Waals surface area contributed by atoms with Crippen molar-refractivity contribution in [2.75, 3.05) is 132 Å². The number of aryl methyl sites for hydroxylation is 1. The van der Waals surface area contributed by atoms with Crippen molar-refractivity contribution in [3.63, 3.8) is 0 Å². The summed E-state index contributed by atoms with van der Waals surface area (Å²) in [6.07, 6.45) is 8.28. The van der Waals surface area contributed by atoms with E-state index >= 15 is 0 Å². The van der Waals surface area contributed by atoms with Crippen molar-refractivity contribution >= 4 is 84.3 Å². The van der Waals surface area contributed by atoms with Crippen LogP contribution in [0.15, 0.2) is 18.2 Å². The normalized spacial score (nSPS) is 17.6. The van der Waals surface area contributed by atoms with E-state index in [9.17, 15) is 43.3 Å². The molecule has 5 unspecified atom stereocenters. The van der Waals surface area contributed by atoms with E-state index in [1.807, 2.05) is 25.1 Å². The second kappa shape index (κ2) is 42.7. The first-order chi connectivity index (χ1) is 39.8. The first-order valence-electron chi connectivity index (χ1n) is 28.2. The highest BCUT2D eigenvalue weighted by Gasteiger charge is 2.39. The number of hydrogen-bond donors (Lipinski definition) is 9. The minimum atomic E-state index is -3.42. The van der Waals surface area contributed by atoms with Gasteiger partial charge in [-0.05, 0) is 86.9 Å². The molecular weight excluding hydrogens is 1170 g/mol. The van der Waals surface area contributed by atoms with Gasteiger partial charge in [-0.25, -0.2) is 4.79 Å². The van der Waals surface area contributed by atoms with Gasteiger partial charge in [-0.1, -0.05) is 25.3 Å². The number of fused-ring (bicyclic) bond motifs is 2. The number of amides is 7. The van der Waals surface area contributed by atoms with E-state index in [2.05, 4.69) is 51.2 Å². The van der Waals surface area contributed by atoms with Crippen LogP contribution in [0, 0.1) is 6.92 Å². The molecule has 0 aromatic heterocycles. The topological polar surface area (TPSA) is 340 Å². The fraction of sp³-hybridized carbons (Fsp3) is 0.750. The molecule has 0 spiro atoms. The number of carbonyl (C=O) groups is 7. The summed E-state index contributed by atoms with van der Waals surface area (Å²) in [5.74, 6) is -2.00. The fourth-order valence-corrected chi connectivity index (χ4v) is 10.2. The van der Waals surface area contributed by atoms with Crippen LogP contribution in [0.3, 0.4) is 0 Å². The molecule has 7 amide bonds. The summed E-state index contributed by atoms with van der Waals surface area (Å²) in [6.45, 7) is -1.03. The number of nitrogens with zero attached hydrogens (tertiary/aromatic N) is 1. The van der Waals surface area contributed by atoms with Crippen LogP contribution in [0.4, 0.5) is 10.5 Å². The number of anilines is 1. The average molecular weight is 1260 g/mol. The molecule has 1 aromatic rings. The molecule has 2 aliphatic rings. The van der Waals surface area contributed by atoms with Gasteiger partial charge in [-0.2, -0.15) is 0 Å². The number of hydrogen-bond acceptors (Lipinski definition) is 20. The van der Waals surface area contributed by atoms with E-state index in [0.717, 1.165) is 63.5 Å². The molecule has 2 bridgehead atoms. The Hall–Kier alpha value is -4.03. The number of methoxy groups -OCH3 is 1. The van der Waals surface area contributed by atoms with E-state index in [1.54, 1.807) is 7.11 Å². The number of unbranched alkanes of at least 4 members (excludes halogenated alkanes) is 3. The Morgan fingerprint density at radius 1 is 0.602 bits per heavy atom. The van der Waals surface area contributed by atoms with Crippen LogP contribution in [-0.2, 0) is 94.2 Å². The molecule has 9 N–H and O–H groups in total. The van der Waals surface area contributed by atoms with Gasteiger partial charge < -0.3 is 88.2 Å². The van der Waals surface area contributed by atoms with Crippen LogP contribution in [0.1, 0.15) is 102 Å². The summed E-state index contributed by atoms with van der Waals surface area (Å²) in [5.41, 5.74) is 1.63. The Bertz CT molecular complexity index is 2220. The van der Waals surface area contributed by atoms with Crippen molar-refractivity contribution in [3.8, 4) is 5.75 Å². The summed E-state index contributed by atoms with van der Waals surface area (Å²) in [7, 11) is 3.96. The van der Waals surface area contributed by atoms with Crippen molar-refractivity contribution in [3.05, 3.63) is 23.8 Å². The number of ether oxygens (including phenoxy) is 6. The van der Waals surface area contributed by atoms with Crippen LogP contribution in [0.5, 0.6) is 5.75 Å². The van der Waals surface area contributed by atoms with Gasteiger partial charge in [0.1, 0.15) is 17.9 Å². The maximum absolute atomic E-state index is 13.1. The standard InChI is InChI=1S/C52H90N8O19P2S2/c1-39-12-14-45(70-2)44(36-39)59-52(67)79-42-37-40-10-9-11-41(38-42)60(40)25-8-6-5-7-20-53-48(63)18-26-73-30-32-75-34-35-76-33-31-74-28-23-55-46(61)15-13-43(51(66)57-22-16-47(62)56-24-29-78-81(69,83)72-4)58-50(65)17-21-54-49(64)19-27-77-80(68,82)71-3/h12,14,36,40-43H,5-11,13,15-35,37-38H2,1-4H3,(H,53,63)(H,54,64)(H,55,61)(H,56,62)(H,57,66)(H,58,65)(H,59,67)(H,68,82)(H,69,83). The molecule has 5 atom stereocenters. The fourth-order valence-electron chi connectivity index (χ4n) is 8.90. The third-order valence-electron chi connectivity index (χ3n) is 13.1. The zero-order chi connectivity index (χ0) is 60.7. The van der Waals surface area contributed by atoms with Gasteiger partial charge in [0, 0.05) is 97.6 Å². The summed E-state index contributed by atoms with van der Waals surface area (Å²) in [5, 5.41) is 18.8.